The Morgan fingerprint density at radius 2 is 1.83 bits per heavy atom. The predicted molar refractivity (Wildman–Crippen MR) is 129 cm³/mol. The fraction of sp³-hybridized carbons (Fsp3) is 0.280. The van der Waals surface area contributed by atoms with Crippen LogP contribution in [0.3, 0.4) is 0 Å². The van der Waals surface area contributed by atoms with Gasteiger partial charge in [-0.3, -0.25) is 14.9 Å². The second kappa shape index (κ2) is 9.75. The summed E-state index contributed by atoms with van der Waals surface area (Å²) in [5.41, 5.74) is 2.14. The van der Waals surface area contributed by atoms with Crippen LogP contribution in [-0.2, 0) is 16.0 Å². The molecular formula is C25H23N3O6S. The Kier molecular flexibility index (Phi) is 6.37. The average Bonchev–Trinajstić information content (AvgIpc) is 3.50. The number of carbonyl (C=O) groups excluding carboxylic acids is 3. The zero-order chi connectivity index (χ0) is 24.4. The molecule has 2 amide bonds. The lowest BCUT2D eigenvalue weighted by Crippen LogP contribution is -2.24. The molecule has 5 rings (SSSR count). The highest BCUT2D eigenvalue weighted by Crippen LogP contribution is 2.38. The van der Waals surface area contributed by atoms with Crippen LogP contribution in [0.1, 0.15) is 57.0 Å². The summed E-state index contributed by atoms with van der Waals surface area (Å²) in [5, 5.41) is 6.21. The number of ether oxygens (including phenoxy) is 3. The number of rotatable bonds is 6. The van der Waals surface area contributed by atoms with E-state index in [0.29, 0.717) is 52.2 Å². The van der Waals surface area contributed by atoms with E-state index in [2.05, 4.69) is 15.6 Å². The lowest BCUT2D eigenvalue weighted by atomic mass is 9.90. The molecule has 2 heterocycles. The predicted octanol–water partition coefficient (Wildman–Crippen LogP) is 4.36. The van der Waals surface area contributed by atoms with Gasteiger partial charge in [-0.05, 0) is 68.7 Å². The van der Waals surface area contributed by atoms with Gasteiger partial charge in [0.05, 0.1) is 23.8 Å². The normalized spacial score (nSPS) is 15.7. The van der Waals surface area contributed by atoms with Gasteiger partial charge in [-0.25, -0.2) is 9.78 Å². The van der Waals surface area contributed by atoms with Crippen molar-refractivity contribution in [3.05, 3.63) is 64.2 Å². The summed E-state index contributed by atoms with van der Waals surface area (Å²) in [6.07, 6.45) is 2.33. The summed E-state index contributed by atoms with van der Waals surface area (Å²) in [6, 6.07) is 11.6. The summed E-state index contributed by atoms with van der Waals surface area (Å²) in [7, 11) is 0. The van der Waals surface area contributed by atoms with Gasteiger partial charge in [0.15, 0.2) is 16.6 Å². The number of esters is 1. The van der Waals surface area contributed by atoms with Crippen molar-refractivity contribution in [2.45, 2.75) is 32.1 Å². The van der Waals surface area contributed by atoms with Gasteiger partial charge in [0.25, 0.3) is 5.91 Å². The highest BCUT2D eigenvalue weighted by atomic mass is 32.1. The van der Waals surface area contributed by atoms with Gasteiger partial charge in [-0.15, -0.1) is 11.3 Å². The molecule has 0 saturated carbocycles. The largest absolute Gasteiger partial charge is 0.462 e. The summed E-state index contributed by atoms with van der Waals surface area (Å²) in [4.78, 5) is 43.2. The molecule has 0 bridgehead atoms. The molecule has 10 heteroatoms. The van der Waals surface area contributed by atoms with Gasteiger partial charge >= 0.3 is 5.97 Å². The Labute approximate surface area is 205 Å². The van der Waals surface area contributed by atoms with Crippen molar-refractivity contribution in [1.29, 1.82) is 0 Å². The van der Waals surface area contributed by atoms with Crippen LogP contribution in [0.5, 0.6) is 11.5 Å². The van der Waals surface area contributed by atoms with Crippen LogP contribution < -0.4 is 20.1 Å². The average molecular weight is 494 g/mol. The second-order valence-corrected chi connectivity index (χ2v) is 9.17. The van der Waals surface area contributed by atoms with Crippen molar-refractivity contribution >= 4 is 39.9 Å². The third kappa shape index (κ3) is 4.83. The van der Waals surface area contributed by atoms with Gasteiger partial charge in [-0.1, -0.05) is 0 Å². The molecule has 1 aromatic heterocycles. The fourth-order valence-corrected chi connectivity index (χ4v) is 5.13. The van der Waals surface area contributed by atoms with Gasteiger partial charge in [-0.2, -0.15) is 0 Å². The number of nitrogens with zero attached hydrogens (tertiary/aromatic N) is 1. The SMILES string of the molecule is CCOC(=O)c1ccc(NC(=O)C2CCCc3sc(NC(=O)c4ccc5c(c4)OCO5)nc32)cc1. The fourth-order valence-electron chi connectivity index (χ4n) is 4.07. The maximum Gasteiger partial charge on any atom is 0.338 e. The number of nitrogens with one attached hydrogen (secondary N) is 2. The van der Waals surface area contributed by atoms with Gasteiger partial charge in [0, 0.05) is 16.1 Å². The first kappa shape index (κ1) is 22.9. The molecule has 1 aliphatic heterocycles. The maximum atomic E-state index is 13.1. The molecule has 1 aliphatic carbocycles. The number of aromatic nitrogens is 1. The first-order chi connectivity index (χ1) is 17.0. The molecule has 35 heavy (non-hydrogen) atoms. The number of aryl methyl sites for hydroxylation is 1. The third-order valence-electron chi connectivity index (χ3n) is 5.79. The van der Waals surface area contributed by atoms with E-state index in [9.17, 15) is 14.4 Å². The smallest absolute Gasteiger partial charge is 0.338 e. The second-order valence-electron chi connectivity index (χ2n) is 8.08. The van der Waals surface area contributed by atoms with Crippen LogP contribution in [0.25, 0.3) is 0 Å². The first-order valence-corrected chi connectivity index (χ1v) is 12.1. The number of hydrogen-bond donors (Lipinski definition) is 2. The molecule has 2 aromatic carbocycles. The molecule has 1 unspecified atom stereocenters. The van der Waals surface area contributed by atoms with Gasteiger partial charge in [0.1, 0.15) is 0 Å². The van der Waals surface area contributed by atoms with Crippen LogP contribution in [-0.4, -0.2) is 36.2 Å². The number of thiazole rings is 1. The molecule has 1 atom stereocenters. The standard InChI is InChI=1S/C25H23N3O6S/c1-2-32-24(31)14-6-9-16(10-7-14)26-23(30)17-4-3-5-20-21(17)27-25(35-20)28-22(29)15-8-11-18-19(12-15)34-13-33-18/h6-12,17H,2-5,13H2,1H3,(H,26,30)(H,27,28,29). The lowest BCUT2D eigenvalue weighted by molar-refractivity contribution is -0.117. The minimum absolute atomic E-state index is 0.137. The first-order valence-electron chi connectivity index (χ1n) is 11.3. The van der Waals surface area contributed by atoms with Crippen molar-refractivity contribution < 1.29 is 28.6 Å². The summed E-state index contributed by atoms with van der Waals surface area (Å²) in [5.74, 6) is -0.166. The molecule has 0 radical (unpaired) electrons. The van der Waals surface area contributed by atoms with Crippen LogP contribution in [0, 0.1) is 0 Å². The number of fused-ring (bicyclic) bond motifs is 2. The van der Waals surface area contributed by atoms with Crippen LogP contribution in [0.4, 0.5) is 10.8 Å². The van der Waals surface area contributed by atoms with E-state index in [1.165, 1.54) is 11.3 Å². The number of anilines is 2. The van der Waals surface area contributed by atoms with E-state index < -0.39 is 11.9 Å². The monoisotopic (exact) mass is 493 g/mol. The number of benzene rings is 2. The lowest BCUT2D eigenvalue weighted by Gasteiger charge is -2.20. The van der Waals surface area contributed by atoms with E-state index in [0.717, 1.165) is 17.7 Å². The van der Waals surface area contributed by atoms with E-state index in [1.807, 2.05) is 0 Å². The molecule has 2 aliphatic rings. The Morgan fingerprint density at radius 3 is 2.63 bits per heavy atom. The van der Waals surface area contributed by atoms with Crippen molar-refractivity contribution in [3.63, 3.8) is 0 Å². The molecule has 0 fully saturated rings. The molecule has 180 valence electrons. The molecule has 9 nitrogen and oxygen atoms in total. The zero-order valence-corrected chi connectivity index (χ0v) is 19.8. The Bertz CT molecular complexity index is 1290. The summed E-state index contributed by atoms with van der Waals surface area (Å²) in [6.45, 7) is 2.18. The van der Waals surface area contributed by atoms with Gasteiger partial charge in [0.2, 0.25) is 12.7 Å². The van der Waals surface area contributed by atoms with Crippen LogP contribution in [0.15, 0.2) is 42.5 Å². The Morgan fingerprint density at radius 1 is 1.06 bits per heavy atom. The topological polar surface area (TPSA) is 116 Å². The minimum Gasteiger partial charge on any atom is -0.462 e. The van der Waals surface area contributed by atoms with E-state index >= 15 is 0 Å². The molecule has 3 aromatic rings. The zero-order valence-electron chi connectivity index (χ0n) is 19.0. The summed E-state index contributed by atoms with van der Waals surface area (Å²) >= 11 is 1.39. The van der Waals surface area contributed by atoms with Gasteiger partial charge < -0.3 is 19.5 Å². The number of hydrogen-bond acceptors (Lipinski definition) is 8. The highest BCUT2D eigenvalue weighted by Gasteiger charge is 2.31. The van der Waals surface area contributed by atoms with Crippen LogP contribution >= 0.6 is 11.3 Å². The molecule has 2 N–H and O–H groups in total. The van der Waals surface area contributed by atoms with E-state index in [4.69, 9.17) is 14.2 Å². The summed E-state index contributed by atoms with van der Waals surface area (Å²) < 4.78 is 15.6. The van der Waals surface area contributed by atoms with Crippen LogP contribution in [0.2, 0.25) is 0 Å². The Hall–Kier alpha value is -3.92. The Balaban J connectivity index is 1.27. The van der Waals surface area contributed by atoms with Crippen molar-refractivity contribution in [3.8, 4) is 11.5 Å². The number of carbonyl (C=O) groups is 3. The van der Waals surface area contributed by atoms with Crippen molar-refractivity contribution in [1.82, 2.24) is 4.98 Å². The molecular weight excluding hydrogens is 470 g/mol. The minimum atomic E-state index is -0.420. The molecule has 0 saturated heterocycles. The molecule has 0 spiro atoms. The number of amides is 2. The van der Waals surface area contributed by atoms with Crippen molar-refractivity contribution in [2.24, 2.45) is 0 Å². The maximum absolute atomic E-state index is 13.1. The van der Waals surface area contributed by atoms with E-state index in [-0.39, 0.29) is 18.6 Å². The third-order valence-corrected chi connectivity index (χ3v) is 6.84. The quantitative estimate of drug-likeness (QED) is 0.490. The van der Waals surface area contributed by atoms with E-state index in [1.54, 1.807) is 49.4 Å². The van der Waals surface area contributed by atoms with Crippen molar-refractivity contribution in [2.75, 3.05) is 24.0 Å². The highest BCUT2D eigenvalue weighted by molar-refractivity contribution is 7.16.